The molecular weight excluding hydrogens is 260 g/mol. The molecule has 8 atom stereocenters. The molecule has 0 spiro atoms. The molecule has 0 unspecified atom stereocenters. The molecule has 120 valence electrons. The highest BCUT2D eigenvalue weighted by molar-refractivity contribution is 5.11. The van der Waals surface area contributed by atoms with E-state index in [4.69, 9.17) is 0 Å². The first-order valence-corrected chi connectivity index (χ1v) is 9.33. The maximum atomic E-state index is 11.0. The van der Waals surface area contributed by atoms with E-state index >= 15 is 0 Å². The lowest BCUT2D eigenvalue weighted by atomic mass is 9.44. The molecule has 2 heteroatoms. The van der Waals surface area contributed by atoms with E-state index in [1.54, 1.807) is 0 Å². The van der Waals surface area contributed by atoms with E-state index < -0.39 is 0 Å². The molecule has 21 heavy (non-hydrogen) atoms. The third-order valence-electron chi connectivity index (χ3n) is 8.46. The summed E-state index contributed by atoms with van der Waals surface area (Å²) in [5.41, 5.74) is 0.355. The third-order valence-corrected chi connectivity index (χ3v) is 8.46. The summed E-state index contributed by atoms with van der Waals surface area (Å²) in [5, 5.41) is 21.5. The molecule has 4 saturated carbocycles. The van der Waals surface area contributed by atoms with Gasteiger partial charge in [-0.1, -0.05) is 26.7 Å². The van der Waals surface area contributed by atoms with Crippen molar-refractivity contribution in [2.45, 2.75) is 83.8 Å². The Kier molecular flexibility index (Phi) is 3.25. The standard InChI is InChI=1S/C19H32O2/c1-18-10-4-3-5-12(18)6-7-13-14-8-9-16(21)19(14,2)11-15(20)17(13)18/h12-17,20-21H,3-11H2,1-2H3/t12-,13+,14+,15+,16+,17-,18+,19+/m1/s1. The fourth-order valence-corrected chi connectivity index (χ4v) is 7.39. The first kappa shape index (κ1) is 14.5. The van der Waals surface area contributed by atoms with Gasteiger partial charge in [0.05, 0.1) is 12.2 Å². The highest BCUT2D eigenvalue weighted by Crippen LogP contribution is 2.66. The van der Waals surface area contributed by atoms with Crippen LogP contribution in [0.15, 0.2) is 0 Å². The van der Waals surface area contributed by atoms with Crippen molar-refractivity contribution in [3.63, 3.8) is 0 Å². The van der Waals surface area contributed by atoms with Crippen LogP contribution < -0.4 is 0 Å². The molecule has 4 fully saturated rings. The van der Waals surface area contributed by atoms with Crippen molar-refractivity contribution in [2.75, 3.05) is 0 Å². The van der Waals surface area contributed by atoms with Gasteiger partial charge in [-0.3, -0.25) is 0 Å². The molecule has 0 saturated heterocycles. The molecule has 4 aliphatic carbocycles. The molecule has 0 aliphatic heterocycles. The number of aliphatic hydroxyl groups is 2. The predicted octanol–water partition coefficient (Wildman–Crippen LogP) is 3.75. The Labute approximate surface area is 129 Å². The summed E-state index contributed by atoms with van der Waals surface area (Å²) in [6.45, 7) is 4.75. The molecular formula is C19H32O2. The van der Waals surface area contributed by atoms with Gasteiger partial charge in [-0.25, -0.2) is 0 Å². The van der Waals surface area contributed by atoms with Gasteiger partial charge in [0.25, 0.3) is 0 Å². The van der Waals surface area contributed by atoms with Gasteiger partial charge in [-0.05, 0) is 79.4 Å². The third kappa shape index (κ3) is 1.84. The normalized spacial score (nSPS) is 60.0. The van der Waals surface area contributed by atoms with Crippen molar-refractivity contribution in [3.8, 4) is 0 Å². The zero-order valence-corrected chi connectivity index (χ0v) is 13.7. The highest BCUT2D eigenvalue weighted by atomic mass is 16.3. The van der Waals surface area contributed by atoms with E-state index in [0.717, 1.165) is 18.8 Å². The van der Waals surface area contributed by atoms with Crippen LogP contribution in [0.5, 0.6) is 0 Å². The quantitative estimate of drug-likeness (QED) is 0.714. The molecule has 0 aromatic heterocycles. The number of aliphatic hydroxyl groups excluding tert-OH is 2. The van der Waals surface area contributed by atoms with Crippen LogP contribution >= 0.6 is 0 Å². The lowest BCUT2D eigenvalue weighted by Gasteiger charge is -2.61. The maximum Gasteiger partial charge on any atom is 0.0597 e. The van der Waals surface area contributed by atoms with Gasteiger partial charge in [0.15, 0.2) is 0 Å². The first-order valence-electron chi connectivity index (χ1n) is 9.33. The maximum absolute atomic E-state index is 11.0. The van der Waals surface area contributed by atoms with Gasteiger partial charge in [0.1, 0.15) is 0 Å². The second kappa shape index (κ2) is 4.71. The van der Waals surface area contributed by atoms with Gasteiger partial charge in [-0.2, -0.15) is 0 Å². The zero-order chi connectivity index (χ0) is 14.8. The number of hydrogen-bond donors (Lipinski definition) is 2. The lowest BCUT2D eigenvalue weighted by molar-refractivity contribution is -0.175. The van der Waals surface area contributed by atoms with Gasteiger partial charge < -0.3 is 10.2 Å². The van der Waals surface area contributed by atoms with Crippen LogP contribution in [-0.2, 0) is 0 Å². The van der Waals surface area contributed by atoms with Crippen LogP contribution in [0, 0.1) is 34.5 Å². The average Bonchev–Trinajstić information content (AvgIpc) is 2.73. The fraction of sp³-hybridized carbons (Fsp3) is 1.00. The summed E-state index contributed by atoms with van der Waals surface area (Å²) < 4.78 is 0. The minimum atomic E-state index is -0.185. The Morgan fingerprint density at radius 2 is 1.67 bits per heavy atom. The van der Waals surface area contributed by atoms with Crippen LogP contribution in [0.1, 0.15) is 71.6 Å². The van der Waals surface area contributed by atoms with Crippen molar-refractivity contribution < 1.29 is 10.2 Å². The summed E-state index contributed by atoms with van der Waals surface area (Å²) >= 11 is 0. The molecule has 4 aliphatic rings. The monoisotopic (exact) mass is 292 g/mol. The largest absolute Gasteiger partial charge is 0.393 e. The van der Waals surface area contributed by atoms with Gasteiger partial charge >= 0.3 is 0 Å². The molecule has 0 aromatic rings. The minimum Gasteiger partial charge on any atom is -0.393 e. The number of fused-ring (bicyclic) bond motifs is 5. The Bertz CT molecular complexity index is 422. The Balaban J connectivity index is 1.70. The zero-order valence-electron chi connectivity index (χ0n) is 13.7. The van der Waals surface area contributed by atoms with E-state index in [1.807, 2.05) is 0 Å². The van der Waals surface area contributed by atoms with E-state index in [-0.39, 0.29) is 17.6 Å². The van der Waals surface area contributed by atoms with E-state index in [0.29, 0.717) is 23.2 Å². The second-order valence-corrected chi connectivity index (χ2v) is 9.19. The Morgan fingerprint density at radius 1 is 0.857 bits per heavy atom. The predicted molar refractivity (Wildman–Crippen MR) is 83.7 cm³/mol. The second-order valence-electron chi connectivity index (χ2n) is 9.19. The summed E-state index contributed by atoms with van der Waals surface area (Å²) in [5.74, 6) is 2.66. The summed E-state index contributed by atoms with van der Waals surface area (Å²) in [7, 11) is 0. The van der Waals surface area contributed by atoms with Crippen LogP contribution in [0.25, 0.3) is 0 Å². The SMILES string of the molecule is C[C@]12CCCC[C@@H]1CC[C@@H]1[C@@H]2[C@@H](O)C[C@]2(C)[C@@H](O)CC[C@@H]12. The molecule has 0 radical (unpaired) electrons. The summed E-state index contributed by atoms with van der Waals surface area (Å²) in [6, 6.07) is 0. The number of rotatable bonds is 0. The van der Waals surface area contributed by atoms with Crippen LogP contribution in [0.4, 0.5) is 0 Å². The highest BCUT2D eigenvalue weighted by Gasteiger charge is 2.62. The fourth-order valence-electron chi connectivity index (χ4n) is 7.39. The van der Waals surface area contributed by atoms with Crippen molar-refractivity contribution in [2.24, 2.45) is 34.5 Å². The average molecular weight is 292 g/mol. The van der Waals surface area contributed by atoms with Crippen LogP contribution in [0.2, 0.25) is 0 Å². The molecule has 0 amide bonds. The van der Waals surface area contributed by atoms with Crippen LogP contribution in [-0.4, -0.2) is 22.4 Å². The van der Waals surface area contributed by atoms with Crippen molar-refractivity contribution in [1.82, 2.24) is 0 Å². The summed E-state index contributed by atoms with van der Waals surface area (Å²) in [6.07, 6.45) is 10.7. The van der Waals surface area contributed by atoms with Gasteiger partial charge in [0.2, 0.25) is 0 Å². The first-order chi connectivity index (χ1) is 9.97. The molecule has 2 nitrogen and oxygen atoms in total. The molecule has 0 bridgehead atoms. The van der Waals surface area contributed by atoms with E-state index in [1.165, 1.54) is 44.9 Å². The van der Waals surface area contributed by atoms with Gasteiger partial charge in [0, 0.05) is 0 Å². The molecule has 0 aromatic carbocycles. The Hall–Kier alpha value is -0.0800. The summed E-state index contributed by atoms with van der Waals surface area (Å²) in [4.78, 5) is 0. The van der Waals surface area contributed by atoms with Crippen molar-refractivity contribution in [3.05, 3.63) is 0 Å². The topological polar surface area (TPSA) is 40.5 Å². The van der Waals surface area contributed by atoms with E-state index in [2.05, 4.69) is 13.8 Å². The molecule has 0 heterocycles. The minimum absolute atomic E-state index is 0.0154. The smallest absolute Gasteiger partial charge is 0.0597 e. The lowest BCUT2D eigenvalue weighted by Crippen LogP contribution is -2.58. The van der Waals surface area contributed by atoms with Crippen LogP contribution in [0.3, 0.4) is 0 Å². The van der Waals surface area contributed by atoms with Crippen molar-refractivity contribution in [1.29, 1.82) is 0 Å². The van der Waals surface area contributed by atoms with Gasteiger partial charge in [-0.15, -0.1) is 0 Å². The van der Waals surface area contributed by atoms with E-state index in [9.17, 15) is 10.2 Å². The number of hydrogen-bond acceptors (Lipinski definition) is 2. The molecule has 4 rings (SSSR count). The molecule has 2 N–H and O–H groups in total. The van der Waals surface area contributed by atoms with Crippen molar-refractivity contribution >= 4 is 0 Å². The Morgan fingerprint density at radius 3 is 2.48 bits per heavy atom.